The predicted octanol–water partition coefficient (Wildman–Crippen LogP) is 3.75. The molecule has 0 N–H and O–H groups in total. The SMILES string of the molecule is CCOc1ccc(/C([18F])=C/Br)cc1. The molecule has 1 nitrogen and oxygen atoms in total. The molecular weight excluding hydrogens is 234 g/mol. The monoisotopic (exact) mass is 243 g/mol. The van der Waals surface area contributed by atoms with Crippen LogP contribution in [0.25, 0.3) is 5.83 Å². The van der Waals surface area contributed by atoms with Crippen molar-refractivity contribution >= 4 is 21.8 Å². The quantitative estimate of drug-likeness (QED) is 0.786. The molecule has 13 heavy (non-hydrogen) atoms. The molecule has 0 saturated heterocycles. The van der Waals surface area contributed by atoms with Crippen LogP contribution in [0.15, 0.2) is 29.3 Å². The molecule has 70 valence electrons. The van der Waals surface area contributed by atoms with Gasteiger partial charge in [0.05, 0.1) is 6.61 Å². The second-order valence-electron chi connectivity index (χ2n) is 2.41. The highest BCUT2D eigenvalue weighted by atomic mass is 79.9. The number of ether oxygens (including phenoxy) is 1. The summed E-state index contributed by atoms with van der Waals surface area (Å²) in [4.78, 5) is 1.25. The molecule has 0 aliphatic rings. The van der Waals surface area contributed by atoms with Gasteiger partial charge in [0, 0.05) is 10.5 Å². The van der Waals surface area contributed by atoms with Crippen molar-refractivity contribution in [2.24, 2.45) is 0 Å². The standard InChI is InChI=1S/C10H10BrFO/c1-2-13-9-5-3-8(4-6-9)10(12)7-11/h3-7H,2H2,1H3/b10-7-/i12-1. The molecule has 1 aromatic rings. The summed E-state index contributed by atoms with van der Waals surface area (Å²) < 4.78 is 18.2. The van der Waals surface area contributed by atoms with Crippen molar-refractivity contribution in [2.75, 3.05) is 6.61 Å². The fourth-order valence-electron chi connectivity index (χ4n) is 0.940. The summed E-state index contributed by atoms with van der Waals surface area (Å²) in [6, 6.07) is 6.85. The van der Waals surface area contributed by atoms with Crippen LogP contribution in [0.1, 0.15) is 12.5 Å². The molecule has 0 bridgehead atoms. The number of benzene rings is 1. The molecule has 0 saturated carbocycles. The van der Waals surface area contributed by atoms with E-state index < -0.39 is 0 Å². The molecule has 0 aliphatic heterocycles. The van der Waals surface area contributed by atoms with Gasteiger partial charge in [-0.25, -0.2) is 4.39 Å². The van der Waals surface area contributed by atoms with Crippen LogP contribution in [0, 0.1) is 0 Å². The van der Waals surface area contributed by atoms with Crippen molar-refractivity contribution in [3.8, 4) is 5.75 Å². The van der Waals surface area contributed by atoms with E-state index in [4.69, 9.17) is 4.74 Å². The van der Waals surface area contributed by atoms with Gasteiger partial charge >= 0.3 is 0 Å². The minimum atomic E-state index is -0.289. The zero-order chi connectivity index (χ0) is 9.68. The molecule has 0 fully saturated rings. The van der Waals surface area contributed by atoms with Crippen molar-refractivity contribution in [2.45, 2.75) is 6.92 Å². The first kappa shape index (κ1) is 10.3. The summed E-state index contributed by atoms with van der Waals surface area (Å²) in [5.74, 6) is 0.469. The Morgan fingerprint density at radius 1 is 1.46 bits per heavy atom. The molecule has 0 heterocycles. The van der Waals surface area contributed by atoms with Crippen LogP contribution >= 0.6 is 15.9 Å². The molecule has 3 heteroatoms. The van der Waals surface area contributed by atoms with Crippen LogP contribution in [-0.2, 0) is 0 Å². The van der Waals surface area contributed by atoms with Gasteiger partial charge < -0.3 is 4.74 Å². The fraction of sp³-hybridized carbons (Fsp3) is 0.200. The largest absolute Gasteiger partial charge is 0.494 e. The Kier molecular flexibility index (Phi) is 3.96. The number of halogens is 2. The molecule has 0 amide bonds. The number of rotatable bonds is 3. The highest BCUT2D eigenvalue weighted by Gasteiger charge is 1.98. The van der Waals surface area contributed by atoms with Crippen LogP contribution in [0.3, 0.4) is 0 Å². The van der Waals surface area contributed by atoms with Crippen LogP contribution < -0.4 is 4.74 Å². The number of hydrogen-bond donors (Lipinski definition) is 0. The lowest BCUT2D eigenvalue weighted by atomic mass is 10.2. The zero-order valence-electron chi connectivity index (χ0n) is 7.26. The second kappa shape index (κ2) is 5.02. The summed E-state index contributed by atoms with van der Waals surface area (Å²) in [5.41, 5.74) is 0.542. The van der Waals surface area contributed by atoms with Crippen molar-refractivity contribution < 1.29 is 9.13 Å². The maximum atomic E-state index is 13.0. The highest BCUT2D eigenvalue weighted by molar-refractivity contribution is 9.11. The number of hydrogen-bond acceptors (Lipinski definition) is 1. The van der Waals surface area contributed by atoms with Crippen LogP contribution in [0.2, 0.25) is 0 Å². The molecule has 0 aromatic heterocycles. The molecule has 1 aromatic carbocycles. The Bertz CT molecular complexity index is 292. The van der Waals surface area contributed by atoms with E-state index in [9.17, 15) is 4.39 Å². The molecule has 0 radical (unpaired) electrons. The van der Waals surface area contributed by atoms with Gasteiger partial charge in [0.2, 0.25) is 0 Å². The third-order valence-electron chi connectivity index (χ3n) is 1.54. The zero-order valence-corrected chi connectivity index (χ0v) is 8.84. The molecule has 0 spiro atoms. The summed E-state index contributed by atoms with van der Waals surface area (Å²) in [5, 5.41) is 0. The predicted molar refractivity (Wildman–Crippen MR) is 55.6 cm³/mol. The molecule has 0 atom stereocenters. The van der Waals surface area contributed by atoms with E-state index in [1.807, 2.05) is 6.92 Å². The Balaban J connectivity index is 2.81. The van der Waals surface area contributed by atoms with Crippen molar-refractivity contribution in [3.63, 3.8) is 0 Å². The third-order valence-corrected chi connectivity index (χ3v) is 1.94. The van der Waals surface area contributed by atoms with Crippen molar-refractivity contribution in [3.05, 3.63) is 34.8 Å². The Morgan fingerprint density at radius 2 is 2.08 bits per heavy atom. The Hall–Kier alpha value is -0.830. The maximum absolute atomic E-state index is 13.0. The minimum Gasteiger partial charge on any atom is -0.494 e. The topological polar surface area (TPSA) is 9.23 Å². The normalized spacial score (nSPS) is 11.5. The van der Waals surface area contributed by atoms with Crippen LogP contribution in [0.5, 0.6) is 5.75 Å². The van der Waals surface area contributed by atoms with Crippen molar-refractivity contribution in [1.82, 2.24) is 0 Å². The van der Waals surface area contributed by atoms with E-state index in [0.717, 1.165) is 5.75 Å². The van der Waals surface area contributed by atoms with Gasteiger partial charge in [-0.2, -0.15) is 0 Å². The first-order chi connectivity index (χ1) is 6.27. The first-order valence-corrected chi connectivity index (χ1v) is 4.88. The first-order valence-electron chi connectivity index (χ1n) is 3.97. The molecule has 0 unspecified atom stereocenters. The summed E-state index contributed by atoms with van der Waals surface area (Å²) >= 11 is 2.93. The summed E-state index contributed by atoms with van der Waals surface area (Å²) in [6.07, 6.45) is 0. The molecule has 0 aliphatic carbocycles. The van der Waals surface area contributed by atoms with Gasteiger partial charge in [0.15, 0.2) is 0 Å². The molecular formula is C10H10BrFO. The average molecular weight is 244 g/mol. The maximum Gasteiger partial charge on any atom is 0.137 e. The summed E-state index contributed by atoms with van der Waals surface area (Å²) in [6.45, 7) is 2.53. The smallest absolute Gasteiger partial charge is 0.137 e. The van der Waals surface area contributed by atoms with E-state index in [-0.39, 0.29) is 5.83 Å². The third kappa shape index (κ3) is 2.84. The van der Waals surface area contributed by atoms with Crippen LogP contribution in [-0.4, -0.2) is 6.61 Å². The van der Waals surface area contributed by atoms with E-state index in [1.54, 1.807) is 24.3 Å². The van der Waals surface area contributed by atoms with Gasteiger partial charge in [0.1, 0.15) is 11.6 Å². The van der Waals surface area contributed by atoms with E-state index >= 15 is 0 Å². The van der Waals surface area contributed by atoms with Crippen LogP contribution in [0.4, 0.5) is 4.39 Å². The van der Waals surface area contributed by atoms with Gasteiger partial charge in [-0.3, -0.25) is 0 Å². The van der Waals surface area contributed by atoms with Gasteiger partial charge in [-0.1, -0.05) is 15.9 Å². The van der Waals surface area contributed by atoms with E-state index in [2.05, 4.69) is 15.9 Å². The Morgan fingerprint density at radius 3 is 2.54 bits per heavy atom. The Labute approximate surface area is 85.3 Å². The van der Waals surface area contributed by atoms with E-state index in [0.29, 0.717) is 12.2 Å². The van der Waals surface area contributed by atoms with Gasteiger partial charge in [-0.05, 0) is 31.2 Å². The highest BCUT2D eigenvalue weighted by Crippen LogP contribution is 2.20. The molecule has 1 rings (SSSR count). The fourth-order valence-corrected chi connectivity index (χ4v) is 1.20. The lowest BCUT2D eigenvalue weighted by molar-refractivity contribution is 0.340. The van der Waals surface area contributed by atoms with Gasteiger partial charge in [0.25, 0.3) is 0 Å². The van der Waals surface area contributed by atoms with Gasteiger partial charge in [-0.15, -0.1) is 0 Å². The lowest BCUT2D eigenvalue weighted by Gasteiger charge is -2.02. The second-order valence-corrected chi connectivity index (χ2v) is 2.87. The summed E-state index contributed by atoms with van der Waals surface area (Å²) in [7, 11) is 0. The lowest BCUT2D eigenvalue weighted by Crippen LogP contribution is -1.90. The minimum absolute atomic E-state index is 0.289. The van der Waals surface area contributed by atoms with Crippen molar-refractivity contribution in [1.29, 1.82) is 0 Å². The van der Waals surface area contributed by atoms with E-state index in [1.165, 1.54) is 4.99 Å². The average Bonchev–Trinajstić information content (AvgIpc) is 2.18.